The van der Waals surface area contributed by atoms with Crippen molar-refractivity contribution in [1.29, 1.82) is 0 Å². The highest BCUT2D eigenvalue weighted by Gasteiger charge is 2.35. The first-order chi connectivity index (χ1) is 15.4. The summed E-state index contributed by atoms with van der Waals surface area (Å²) in [6.07, 6.45) is 4.21. The molecule has 1 saturated carbocycles. The van der Waals surface area contributed by atoms with E-state index in [4.69, 9.17) is 21.4 Å². The van der Waals surface area contributed by atoms with E-state index in [1.165, 1.54) is 6.20 Å². The summed E-state index contributed by atoms with van der Waals surface area (Å²) in [5.74, 6) is -2.14. The first-order valence-corrected chi connectivity index (χ1v) is 11.1. The lowest BCUT2D eigenvalue weighted by atomic mass is 9.92. The molecular formula is C21H26ClF2N5O3. The molecular weight excluding hydrogens is 444 g/mol. The number of pyridine rings is 1. The molecule has 0 aromatic carbocycles. The van der Waals surface area contributed by atoms with Gasteiger partial charge in [-0.25, -0.2) is 18.4 Å². The van der Waals surface area contributed by atoms with Crippen LogP contribution < -0.4 is 20.5 Å². The van der Waals surface area contributed by atoms with Crippen LogP contribution in [0, 0.1) is 0 Å². The van der Waals surface area contributed by atoms with Gasteiger partial charge in [-0.15, -0.1) is 0 Å². The van der Waals surface area contributed by atoms with Crippen LogP contribution in [-0.4, -0.2) is 57.6 Å². The Kier molecular flexibility index (Phi) is 6.80. The number of aromatic nitrogens is 3. The minimum Gasteiger partial charge on any atom is -0.471 e. The number of hydrogen-bond donors (Lipinski definition) is 2. The molecule has 1 aliphatic heterocycles. The molecule has 1 atom stereocenters. The van der Waals surface area contributed by atoms with Crippen LogP contribution in [0.4, 0.5) is 20.2 Å². The van der Waals surface area contributed by atoms with Crippen molar-refractivity contribution in [3.05, 3.63) is 39.9 Å². The Morgan fingerprint density at radius 1 is 1.31 bits per heavy atom. The van der Waals surface area contributed by atoms with Gasteiger partial charge in [-0.1, -0.05) is 11.6 Å². The monoisotopic (exact) mass is 469 g/mol. The van der Waals surface area contributed by atoms with Gasteiger partial charge in [0.25, 0.3) is 5.56 Å². The molecule has 11 heteroatoms. The standard InChI is InChI=1S/C21H26ClF2N5O3/c22-18-17(12-26-29(10-11-30)20(18)31)28-9-5-15(13-28)32-19-16(2-1-8-25-19)27-14-3-6-21(23,24)7-4-14/h1-2,8,12,14-15,27,30H,3-7,9-11,13H2/t15-/m1/s1. The van der Waals surface area contributed by atoms with Gasteiger partial charge in [0, 0.05) is 38.0 Å². The SMILES string of the molecule is O=c1c(Cl)c(N2CC[C@@H](Oc3ncccc3NC3CCC(F)(F)CC3)C2)cnn1CCO. The predicted molar refractivity (Wildman–Crippen MR) is 117 cm³/mol. The number of hydrogen-bond acceptors (Lipinski definition) is 7. The van der Waals surface area contributed by atoms with Crippen LogP contribution in [0.1, 0.15) is 32.1 Å². The molecule has 4 rings (SSSR count). The topological polar surface area (TPSA) is 92.5 Å². The van der Waals surface area contributed by atoms with Gasteiger partial charge < -0.3 is 20.1 Å². The van der Waals surface area contributed by atoms with Crippen LogP contribution in [0.25, 0.3) is 0 Å². The largest absolute Gasteiger partial charge is 0.471 e. The summed E-state index contributed by atoms with van der Waals surface area (Å²) < 4.78 is 34.1. The van der Waals surface area contributed by atoms with Crippen molar-refractivity contribution in [3.8, 4) is 5.88 Å². The van der Waals surface area contributed by atoms with E-state index in [2.05, 4.69) is 15.4 Å². The van der Waals surface area contributed by atoms with E-state index in [0.29, 0.717) is 49.6 Å². The van der Waals surface area contributed by atoms with Crippen LogP contribution >= 0.6 is 11.6 Å². The zero-order valence-electron chi connectivity index (χ0n) is 17.5. The van der Waals surface area contributed by atoms with Gasteiger partial charge in [0.15, 0.2) is 0 Å². The Bertz CT molecular complexity index is 996. The summed E-state index contributed by atoms with van der Waals surface area (Å²) in [5.41, 5.74) is 0.767. The highest BCUT2D eigenvalue weighted by molar-refractivity contribution is 6.33. The van der Waals surface area contributed by atoms with E-state index in [9.17, 15) is 13.6 Å². The van der Waals surface area contributed by atoms with E-state index >= 15 is 0 Å². The minimum atomic E-state index is -2.57. The molecule has 2 aliphatic rings. The van der Waals surface area contributed by atoms with Crippen LogP contribution in [0.3, 0.4) is 0 Å². The molecule has 0 amide bonds. The lowest BCUT2D eigenvalue weighted by Gasteiger charge is -2.30. The second-order valence-corrected chi connectivity index (χ2v) is 8.58. The summed E-state index contributed by atoms with van der Waals surface area (Å²) in [6.45, 7) is 1.00. The van der Waals surface area contributed by atoms with Crippen molar-refractivity contribution >= 4 is 23.0 Å². The van der Waals surface area contributed by atoms with Crippen LogP contribution in [0.15, 0.2) is 29.3 Å². The average Bonchev–Trinajstić information content (AvgIpc) is 3.23. The van der Waals surface area contributed by atoms with E-state index in [0.717, 1.165) is 4.68 Å². The highest BCUT2D eigenvalue weighted by atomic mass is 35.5. The molecule has 1 saturated heterocycles. The maximum atomic E-state index is 13.4. The van der Waals surface area contributed by atoms with Gasteiger partial charge in [0.2, 0.25) is 11.8 Å². The smallest absolute Gasteiger partial charge is 0.287 e. The molecule has 0 radical (unpaired) electrons. The molecule has 2 N–H and O–H groups in total. The molecule has 174 valence electrons. The summed E-state index contributed by atoms with van der Waals surface area (Å²) >= 11 is 6.26. The highest BCUT2D eigenvalue weighted by Crippen LogP contribution is 2.35. The van der Waals surface area contributed by atoms with E-state index < -0.39 is 11.5 Å². The lowest BCUT2D eigenvalue weighted by Crippen LogP contribution is -2.32. The summed E-state index contributed by atoms with van der Waals surface area (Å²) in [5, 5.41) is 16.5. The van der Waals surface area contributed by atoms with Crippen molar-refractivity contribution in [2.75, 3.05) is 29.9 Å². The van der Waals surface area contributed by atoms with Crippen molar-refractivity contribution < 1.29 is 18.6 Å². The maximum Gasteiger partial charge on any atom is 0.287 e. The molecule has 8 nitrogen and oxygen atoms in total. The van der Waals surface area contributed by atoms with Gasteiger partial charge in [-0.05, 0) is 25.0 Å². The van der Waals surface area contributed by atoms with E-state index in [1.54, 1.807) is 12.3 Å². The molecule has 32 heavy (non-hydrogen) atoms. The Morgan fingerprint density at radius 3 is 2.84 bits per heavy atom. The minimum absolute atomic E-state index is 0.0449. The summed E-state index contributed by atoms with van der Waals surface area (Å²) in [6, 6.07) is 3.57. The molecule has 0 unspecified atom stereocenters. The van der Waals surface area contributed by atoms with Crippen molar-refractivity contribution in [2.45, 2.75) is 56.7 Å². The number of ether oxygens (including phenoxy) is 1. The molecule has 1 aliphatic carbocycles. The number of halogens is 3. The Labute approximate surface area is 189 Å². The normalized spacial score (nSPS) is 21.0. The van der Waals surface area contributed by atoms with E-state index in [-0.39, 0.29) is 43.2 Å². The van der Waals surface area contributed by atoms with Crippen molar-refractivity contribution in [3.63, 3.8) is 0 Å². The first-order valence-electron chi connectivity index (χ1n) is 10.7. The van der Waals surface area contributed by atoms with Gasteiger partial charge in [-0.3, -0.25) is 4.79 Å². The quantitative estimate of drug-likeness (QED) is 0.644. The predicted octanol–water partition coefficient (Wildman–Crippen LogP) is 2.93. The zero-order valence-corrected chi connectivity index (χ0v) is 18.3. The molecule has 2 aromatic rings. The fourth-order valence-corrected chi connectivity index (χ4v) is 4.40. The summed E-state index contributed by atoms with van der Waals surface area (Å²) in [4.78, 5) is 18.6. The number of aliphatic hydroxyl groups excluding tert-OH is 1. The Balaban J connectivity index is 1.40. The number of nitrogens with one attached hydrogen (secondary N) is 1. The lowest BCUT2D eigenvalue weighted by molar-refractivity contribution is -0.0361. The van der Waals surface area contributed by atoms with Gasteiger partial charge in [0.05, 0.1) is 37.3 Å². The van der Waals surface area contributed by atoms with Crippen LogP contribution in [-0.2, 0) is 6.54 Å². The zero-order chi connectivity index (χ0) is 22.7. The van der Waals surface area contributed by atoms with Crippen LogP contribution in [0.2, 0.25) is 5.02 Å². The van der Waals surface area contributed by atoms with Gasteiger partial charge in [0.1, 0.15) is 11.1 Å². The molecule has 2 aromatic heterocycles. The second-order valence-electron chi connectivity index (χ2n) is 8.20. The summed E-state index contributed by atoms with van der Waals surface area (Å²) in [7, 11) is 0. The first kappa shape index (κ1) is 22.7. The molecule has 0 bridgehead atoms. The molecule has 0 spiro atoms. The Hall–Kier alpha value is -2.46. The number of aliphatic hydroxyl groups is 1. The Morgan fingerprint density at radius 2 is 2.09 bits per heavy atom. The number of nitrogens with zero attached hydrogens (tertiary/aromatic N) is 4. The fourth-order valence-electron chi connectivity index (χ4n) is 4.13. The van der Waals surface area contributed by atoms with Crippen molar-refractivity contribution in [1.82, 2.24) is 14.8 Å². The number of rotatable bonds is 7. The van der Waals surface area contributed by atoms with Crippen molar-refractivity contribution in [2.24, 2.45) is 0 Å². The fraction of sp³-hybridized carbons (Fsp3) is 0.571. The second kappa shape index (κ2) is 9.58. The molecule has 3 heterocycles. The third-order valence-electron chi connectivity index (χ3n) is 5.89. The maximum absolute atomic E-state index is 13.4. The third-order valence-corrected chi connectivity index (χ3v) is 6.25. The molecule has 2 fully saturated rings. The van der Waals surface area contributed by atoms with E-state index in [1.807, 2.05) is 11.0 Å². The average molecular weight is 470 g/mol. The van der Waals surface area contributed by atoms with Crippen LogP contribution in [0.5, 0.6) is 5.88 Å². The van der Waals surface area contributed by atoms with Gasteiger partial charge >= 0.3 is 0 Å². The number of anilines is 2. The number of alkyl halides is 2. The third kappa shape index (κ3) is 5.12. The van der Waals surface area contributed by atoms with Gasteiger partial charge in [-0.2, -0.15) is 5.10 Å².